The van der Waals surface area contributed by atoms with Crippen LogP contribution in [0, 0.1) is 5.82 Å². The lowest BCUT2D eigenvalue weighted by Gasteiger charge is -2.19. The molecule has 0 aliphatic carbocycles. The van der Waals surface area contributed by atoms with E-state index in [1.165, 1.54) is 28.5 Å². The number of ether oxygens (including phenoxy) is 1. The van der Waals surface area contributed by atoms with Crippen molar-refractivity contribution >= 4 is 28.9 Å². The Morgan fingerprint density at radius 3 is 2.62 bits per heavy atom. The Bertz CT molecular complexity index is 1090. The van der Waals surface area contributed by atoms with Crippen molar-refractivity contribution in [2.24, 2.45) is 0 Å². The van der Waals surface area contributed by atoms with Crippen LogP contribution in [0.2, 0.25) is 0 Å². The summed E-state index contributed by atoms with van der Waals surface area (Å²) >= 11 is 1.21. The van der Waals surface area contributed by atoms with Gasteiger partial charge in [-0.25, -0.2) is 9.37 Å². The van der Waals surface area contributed by atoms with E-state index in [0.717, 1.165) is 5.56 Å². The maximum Gasteiger partial charge on any atom is 0.280 e. The maximum absolute atomic E-state index is 13.1. The minimum atomic E-state index is -1.39. The van der Waals surface area contributed by atoms with Gasteiger partial charge in [0.05, 0.1) is 6.61 Å². The number of nitrogens with zero attached hydrogens (tertiary/aromatic N) is 3. The van der Waals surface area contributed by atoms with Crippen LogP contribution < -0.4 is 11.3 Å². The predicted molar refractivity (Wildman–Crippen MR) is 102 cm³/mol. The molecule has 1 aliphatic heterocycles. The van der Waals surface area contributed by atoms with Crippen molar-refractivity contribution in [3.8, 4) is 0 Å². The van der Waals surface area contributed by atoms with Gasteiger partial charge < -0.3 is 25.8 Å². The highest BCUT2D eigenvalue weighted by Crippen LogP contribution is 2.36. The number of aliphatic hydroxyl groups excluding tert-OH is 3. The van der Waals surface area contributed by atoms with E-state index in [2.05, 4.69) is 15.0 Å². The van der Waals surface area contributed by atoms with Gasteiger partial charge in [-0.05, 0) is 17.7 Å². The number of thioether (sulfide) groups is 1. The van der Waals surface area contributed by atoms with Crippen molar-refractivity contribution in [2.45, 2.75) is 35.4 Å². The summed E-state index contributed by atoms with van der Waals surface area (Å²) in [5, 5.41) is 30.2. The van der Waals surface area contributed by atoms with Crippen LogP contribution >= 0.6 is 11.8 Å². The molecule has 4 rings (SSSR count). The molecule has 154 valence electrons. The van der Waals surface area contributed by atoms with Crippen molar-refractivity contribution < 1.29 is 24.4 Å². The van der Waals surface area contributed by atoms with Gasteiger partial charge in [0.1, 0.15) is 24.1 Å². The van der Waals surface area contributed by atoms with Gasteiger partial charge in [0.25, 0.3) is 5.56 Å². The molecule has 1 fully saturated rings. The molecular weight excluding hydrogens is 405 g/mol. The van der Waals surface area contributed by atoms with Crippen LogP contribution in [0.1, 0.15) is 11.8 Å². The largest absolute Gasteiger partial charge is 0.394 e. The minimum Gasteiger partial charge on any atom is -0.394 e. The number of fused-ring (bicyclic) bond motifs is 1. The van der Waals surface area contributed by atoms with Crippen LogP contribution in [0.5, 0.6) is 0 Å². The zero-order chi connectivity index (χ0) is 20.7. The molecule has 0 spiro atoms. The quantitative estimate of drug-likeness (QED) is 0.349. The molecule has 4 atom stereocenters. The third-order valence-corrected chi connectivity index (χ3v) is 5.61. The monoisotopic (exact) mass is 423 g/mol. The van der Waals surface area contributed by atoms with E-state index in [1.54, 1.807) is 12.1 Å². The highest BCUT2D eigenvalue weighted by molar-refractivity contribution is 7.98. The van der Waals surface area contributed by atoms with Gasteiger partial charge in [-0.1, -0.05) is 23.9 Å². The van der Waals surface area contributed by atoms with Crippen molar-refractivity contribution in [1.29, 1.82) is 0 Å². The number of aromatic nitrogens is 4. The van der Waals surface area contributed by atoms with Crippen LogP contribution in [-0.2, 0) is 10.5 Å². The van der Waals surface area contributed by atoms with E-state index >= 15 is 0 Å². The molecule has 0 saturated carbocycles. The Morgan fingerprint density at radius 1 is 1.24 bits per heavy atom. The highest BCUT2D eigenvalue weighted by Gasteiger charge is 2.45. The zero-order valence-corrected chi connectivity index (χ0v) is 15.7. The Labute approximate surface area is 167 Å². The number of hydrogen-bond acceptors (Lipinski definition) is 9. The zero-order valence-electron chi connectivity index (χ0n) is 14.9. The summed E-state index contributed by atoms with van der Waals surface area (Å²) in [6.45, 7) is -0.504. The Morgan fingerprint density at radius 2 is 1.97 bits per heavy atom. The number of nitrogens with two attached hydrogens (primary N) is 1. The van der Waals surface area contributed by atoms with Gasteiger partial charge in [-0.3, -0.25) is 14.3 Å². The molecule has 0 unspecified atom stereocenters. The van der Waals surface area contributed by atoms with Crippen LogP contribution in [0.4, 0.5) is 10.3 Å². The van der Waals surface area contributed by atoms with Gasteiger partial charge in [-0.15, -0.1) is 0 Å². The smallest absolute Gasteiger partial charge is 0.280 e. The second-order valence-electron chi connectivity index (χ2n) is 6.53. The normalized spacial score (nSPS) is 24.4. The average Bonchev–Trinajstić information content (AvgIpc) is 3.19. The number of H-pyrrole nitrogens is 1. The first-order chi connectivity index (χ1) is 13.9. The number of benzene rings is 1. The average molecular weight is 423 g/mol. The summed E-state index contributed by atoms with van der Waals surface area (Å²) in [5.74, 6) is -0.125. The number of halogens is 1. The molecule has 10 nitrogen and oxygen atoms in total. The first-order valence-corrected chi connectivity index (χ1v) is 9.65. The summed E-state index contributed by atoms with van der Waals surface area (Å²) < 4.78 is 20.1. The first kappa shape index (κ1) is 19.8. The lowest BCUT2D eigenvalue weighted by atomic mass is 10.1. The van der Waals surface area contributed by atoms with Gasteiger partial charge >= 0.3 is 0 Å². The molecule has 12 heteroatoms. The highest BCUT2D eigenvalue weighted by atomic mass is 32.2. The third kappa shape index (κ3) is 3.60. The Hall–Kier alpha value is -2.51. The fourth-order valence-corrected chi connectivity index (χ4v) is 4.11. The van der Waals surface area contributed by atoms with E-state index < -0.39 is 36.7 Å². The standard InChI is InChI=1S/C17H18FN5O5S/c18-8-3-1-7(2-4-8)6-29-17-20-10-13(21-16(19)22-14(10)27)23(17)15-12(26)11(25)9(5-24)28-15/h1-4,9,11-12,15,24-26H,5-6H2,(H3,19,21,22,27)/t9-,11-,12-,15-/m0/s1. The van der Waals surface area contributed by atoms with Crippen molar-refractivity contribution in [2.75, 3.05) is 12.3 Å². The number of aliphatic hydroxyl groups is 3. The van der Waals surface area contributed by atoms with E-state index in [-0.39, 0.29) is 28.1 Å². The molecule has 3 aromatic rings. The van der Waals surface area contributed by atoms with E-state index in [1.807, 2.05) is 0 Å². The molecular formula is C17H18FN5O5S. The summed E-state index contributed by atoms with van der Waals surface area (Å²) in [6, 6.07) is 5.89. The summed E-state index contributed by atoms with van der Waals surface area (Å²) in [7, 11) is 0. The van der Waals surface area contributed by atoms with Crippen molar-refractivity contribution in [3.63, 3.8) is 0 Å². The molecule has 1 aromatic carbocycles. The van der Waals surface area contributed by atoms with Crippen molar-refractivity contribution in [1.82, 2.24) is 19.5 Å². The number of nitrogen functional groups attached to an aromatic ring is 1. The Balaban J connectivity index is 1.77. The molecule has 1 saturated heterocycles. The first-order valence-electron chi connectivity index (χ1n) is 8.66. The fourth-order valence-electron chi connectivity index (χ4n) is 3.13. The molecule has 0 bridgehead atoms. The van der Waals surface area contributed by atoms with Gasteiger partial charge in [-0.2, -0.15) is 4.98 Å². The molecule has 1 aliphatic rings. The molecule has 29 heavy (non-hydrogen) atoms. The second kappa shape index (κ2) is 7.72. The molecule has 3 heterocycles. The lowest BCUT2D eigenvalue weighted by molar-refractivity contribution is -0.0548. The van der Waals surface area contributed by atoms with Gasteiger partial charge in [0.15, 0.2) is 22.5 Å². The van der Waals surface area contributed by atoms with E-state index in [4.69, 9.17) is 10.5 Å². The summed E-state index contributed by atoms with van der Waals surface area (Å²) in [5.41, 5.74) is 5.95. The van der Waals surface area contributed by atoms with Gasteiger partial charge in [0, 0.05) is 5.75 Å². The topological polar surface area (TPSA) is 160 Å². The molecule has 0 amide bonds. The number of rotatable bonds is 5. The minimum absolute atomic E-state index is 0.0152. The van der Waals surface area contributed by atoms with E-state index in [9.17, 15) is 24.5 Å². The maximum atomic E-state index is 13.1. The fraction of sp³-hybridized carbons (Fsp3) is 0.353. The summed E-state index contributed by atoms with van der Waals surface area (Å²) in [4.78, 5) is 23.0. The predicted octanol–water partition coefficient (Wildman–Crippen LogP) is -0.255. The number of aromatic amines is 1. The second-order valence-corrected chi connectivity index (χ2v) is 7.47. The van der Waals surface area contributed by atoms with Crippen molar-refractivity contribution in [3.05, 3.63) is 46.0 Å². The van der Waals surface area contributed by atoms with E-state index in [0.29, 0.717) is 5.75 Å². The van der Waals surface area contributed by atoms with Crippen LogP contribution in [0.15, 0.2) is 34.2 Å². The van der Waals surface area contributed by atoms with Crippen LogP contribution in [-0.4, -0.2) is 59.8 Å². The SMILES string of the molecule is Nc1nc2c(nc(SCc3ccc(F)cc3)n2[C@H]2O[C@@H](CO)[C@H](O)[C@@H]2O)c(=O)[nH]1. The number of imidazole rings is 1. The Kier molecular flexibility index (Phi) is 5.27. The molecule has 6 N–H and O–H groups in total. The summed E-state index contributed by atoms with van der Waals surface area (Å²) in [6.07, 6.45) is -4.88. The lowest BCUT2D eigenvalue weighted by Crippen LogP contribution is -2.33. The number of anilines is 1. The van der Waals surface area contributed by atoms with Gasteiger partial charge in [0.2, 0.25) is 5.95 Å². The molecule has 2 aromatic heterocycles. The number of hydrogen-bond donors (Lipinski definition) is 5. The van der Waals surface area contributed by atoms with Crippen LogP contribution in [0.3, 0.4) is 0 Å². The third-order valence-electron chi connectivity index (χ3n) is 4.59. The van der Waals surface area contributed by atoms with Crippen LogP contribution in [0.25, 0.3) is 11.2 Å². The number of nitrogens with one attached hydrogen (secondary N) is 1. The molecule has 0 radical (unpaired) electrons.